The van der Waals surface area contributed by atoms with Gasteiger partial charge in [-0.15, -0.1) is 0 Å². The van der Waals surface area contributed by atoms with Gasteiger partial charge in [0.05, 0.1) is 5.56 Å². The number of piperidine rings is 1. The van der Waals surface area contributed by atoms with Crippen molar-refractivity contribution in [3.05, 3.63) is 40.5 Å². The van der Waals surface area contributed by atoms with Gasteiger partial charge in [0.15, 0.2) is 0 Å². The van der Waals surface area contributed by atoms with Crippen molar-refractivity contribution in [1.29, 1.82) is 0 Å². The summed E-state index contributed by atoms with van der Waals surface area (Å²) in [5.74, 6) is 0.494. The molecule has 1 saturated carbocycles. The third-order valence-corrected chi connectivity index (χ3v) is 6.32. The van der Waals surface area contributed by atoms with Crippen molar-refractivity contribution in [1.82, 2.24) is 16.0 Å². The lowest BCUT2D eigenvalue weighted by Crippen LogP contribution is -2.32. The van der Waals surface area contributed by atoms with Crippen LogP contribution >= 0.6 is 0 Å². The van der Waals surface area contributed by atoms with Gasteiger partial charge in [-0.3, -0.25) is 9.59 Å². The van der Waals surface area contributed by atoms with E-state index >= 15 is 0 Å². The van der Waals surface area contributed by atoms with E-state index in [9.17, 15) is 14.0 Å². The maximum atomic E-state index is 13.7. The van der Waals surface area contributed by atoms with Gasteiger partial charge in [-0.25, -0.2) is 4.39 Å². The van der Waals surface area contributed by atoms with E-state index in [1.54, 1.807) is 12.1 Å². The molecule has 3 aliphatic rings. The molecule has 2 fully saturated rings. The lowest BCUT2D eigenvalue weighted by atomic mass is 9.87. The molecule has 0 radical (unpaired) electrons. The largest absolute Gasteiger partial charge is 0.486 e. The van der Waals surface area contributed by atoms with Crippen LogP contribution in [-0.2, 0) is 0 Å². The molecule has 5 atom stereocenters. The first-order chi connectivity index (χ1) is 13.5. The molecule has 1 aliphatic carbocycles. The number of amides is 2. The molecule has 1 saturated heterocycles. The molecule has 2 amide bonds. The molecule has 0 spiro atoms. The van der Waals surface area contributed by atoms with Gasteiger partial charge in [-0.2, -0.15) is 0 Å². The first-order valence-corrected chi connectivity index (χ1v) is 9.77. The smallest absolute Gasteiger partial charge is 0.254 e. The maximum Gasteiger partial charge on any atom is 0.254 e. The Bertz CT molecular complexity index is 854. The Balaban J connectivity index is 0.00000160. The Morgan fingerprint density at radius 2 is 2.04 bits per heavy atom. The Labute approximate surface area is 166 Å². The highest BCUT2D eigenvalue weighted by Crippen LogP contribution is 2.46. The summed E-state index contributed by atoms with van der Waals surface area (Å²) in [6.07, 6.45) is 1.22. The van der Waals surface area contributed by atoms with Crippen LogP contribution in [0.25, 0.3) is 0 Å². The average Bonchev–Trinajstić information content (AvgIpc) is 3.07. The van der Waals surface area contributed by atoms with E-state index in [4.69, 9.17) is 4.74 Å². The van der Waals surface area contributed by atoms with Crippen LogP contribution in [0.15, 0.2) is 23.8 Å². The standard InChI is InChI=1S/C21H26FN3O3.2H2/c1-4-10(2)17-12-5-11(20(26)25-18-14-8-24-9-15(14)18)6-13(21(27)23-3)19(12)28-16(17)7-22;;/h4-6,14-18,24H,7-9H2,1-3H3,(H,23,27)(H,25,26);2*1H/b10-4+;;/t14-,15+,16-,17+,18?;;/m1../s1. The van der Waals surface area contributed by atoms with E-state index in [0.717, 1.165) is 18.7 Å². The average molecular weight is 391 g/mol. The zero-order valence-electron chi connectivity index (χ0n) is 16.3. The number of hydrogen-bond donors (Lipinski definition) is 3. The van der Waals surface area contributed by atoms with E-state index < -0.39 is 12.8 Å². The topological polar surface area (TPSA) is 79.5 Å². The molecule has 0 aromatic heterocycles. The monoisotopic (exact) mass is 391 g/mol. The molecule has 28 heavy (non-hydrogen) atoms. The Hall–Kier alpha value is -2.41. The molecule has 0 bridgehead atoms. The predicted molar refractivity (Wildman–Crippen MR) is 108 cm³/mol. The number of allylic oxidation sites excluding steroid dienone is 1. The first-order valence-electron chi connectivity index (χ1n) is 9.77. The summed E-state index contributed by atoms with van der Waals surface area (Å²) < 4.78 is 19.5. The van der Waals surface area contributed by atoms with Gasteiger partial charge in [-0.05, 0) is 37.8 Å². The van der Waals surface area contributed by atoms with Crippen LogP contribution in [0, 0.1) is 11.8 Å². The summed E-state index contributed by atoms with van der Waals surface area (Å²) in [7, 11) is 1.52. The number of benzene rings is 1. The van der Waals surface area contributed by atoms with Crippen LogP contribution in [-0.4, -0.2) is 50.8 Å². The zero-order chi connectivity index (χ0) is 20.0. The zero-order valence-corrected chi connectivity index (χ0v) is 16.3. The molecule has 2 aliphatic heterocycles. The number of carbonyl (C=O) groups is 2. The van der Waals surface area contributed by atoms with Gasteiger partial charge >= 0.3 is 0 Å². The number of ether oxygens (including phenoxy) is 1. The molecular formula is C21H30FN3O3. The summed E-state index contributed by atoms with van der Waals surface area (Å²) >= 11 is 0. The Kier molecular flexibility index (Phi) is 4.87. The molecule has 3 N–H and O–H groups in total. The van der Waals surface area contributed by atoms with Gasteiger partial charge < -0.3 is 20.7 Å². The number of rotatable bonds is 5. The second-order valence-corrected chi connectivity index (χ2v) is 7.83. The number of alkyl halides is 1. The van der Waals surface area contributed by atoms with E-state index in [2.05, 4.69) is 16.0 Å². The van der Waals surface area contributed by atoms with Gasteiger partial charge in [0.25, 0.3) is 11.8 Å². The van der Waals surface area contributed by atoms with Crippen molar-refractivity contribution < 1.29 is 21.6 Å². The van der Waals surface area contributed by atoms with Gasteiger partial charge in [0.2, 0.25) is 0 Å². The first kappa shape index (κ1) is 18.9. The van der Waals surface area contributed by atoms with Crippen molar-refractivity contribution in [3.63, 3.8) is 0 Å². The lowest BCUT2D eigenvalue weighted by molar-refractivity contribution is 0.0946. The molecule has 4 rings (SSSR count). The predicted octanol–water partition coefficient (Wildman–Crippen LogP) is 2.27. The highest BCUT2D eigenvalue weighted by atomic mass is 19.1. The van der Waals surface area contributed by atoms with Crippen LogP contribution in [0.5, 0.6) is 5.75 Å². The molecule has 6 nitrogen and oxygen atoms in total. The number of carbonyl (C=O) groups excluding carboxylic acids is 2. The lowest BCUT2D eigenvalue weighted by Gasteiger charge is -2.17. The Morgan fingerprint density at radius 1 is 1.32 bits per heavy atom. The summed E-state index contributed by atoms with van der Waals surface area (Å²) in [5, 5.41) is 8.98. The number of hydrogen-bond acceptors (Lipinski definition) is 4. The molecule has 1 aromatic carbocycles. The molecule has 7 heteroatoms. The van der Waals surface area contributed by atoms with Gasteiger partial charge in [0, 0.05) is 46.1 Å². The fraction of sp³-hybridized carbons (Fsp3) is 0.524. The van der Waals surface area contributed by atoms with Crippen LogP contribution in [0.1, 0.15) is 48.9 Å². The van der Waals surface area contributed by atoms with E-state index in [0.29, 0.717) is 28.7 Å². The molecule has 154 valence electrons. The molecule has 1 unspecified atom stereocenters. The van der Waals surface area contributed by atoms with E-state index in [1.807, 2.05) is 19.9 Å². The van der Waals surface area contributed by atoms with Crippen LogP contribution in [0.3, 0.4) is 0 Å². The van der Waals surface area contributed by atoms with Crippen molar-refractivity contribution in [2.75, 3.05) is 26.8 Å². The van der Waals surface area contributed by atoms with Gasteiger partial charge in [-0.1, -0.05) is 11.6 Å². The summed E-state index contributed by atoms with van der Waals surface area (Å²) in [4.78, 5) is 25.3. The van der Waals surface area contributed by atoms with Crippen molar-refractivity contribution in [2.24, 2.45) is 11.8 Å². The van der Waals surface area contributed by atoms with E-state index in [-0.39, 0.29) is 32.2 Å². The van der Waals surface area contributed by atoms with Crippen molar-refractivity contribution >= 4 is 11.8 Å². The fourth-order valence-corrected chi connectivity index (χ4v) is 4.57. The minimum absolute atomic E-state index is 0. The van der Waals surface area contributed by atoms with E-state index in [1.165, 1.54) is 7.05 Å². The SMILES string of the molecule is C/C=C(\C)[C@H]1c2cc(C(=O)NC3[C@H]4CNC[C@@H]34)cc(C(=O)NC)c2O[C@@H]1CF.[HH].[HH]. The van der Waals surface area contributed by atoms with Crippen molar-refractivity contribution in [2.45, 2.75) is 31.9 Å². The quantitative estimate of drug-likeness (QED) is 0.673. The normalized spacial score (nSPS) is 30.3. The second kappa shape index (κ2) is 7.20. The highest BCUT2D eigenvalue weighted by molar-refractivity contribution is 6.02. The number of fused-ring (bicyclic) bond motifs is 2. The highest BCUT2D eigenvalue weighted by Gasteiger charge is 2.53. The summed E-state index contributed by atoms with van der Waals surface area (Å²) in [6, 6.07) is 3.49. The number of nitrogens with one attached hydrogen (secondary N) is 3. The molecule has 1 aromatic rings. The minimum Gasteiger partial charge on any atom is -0.486 e. The third kappa shape index (κ3) is 2.98. The van der Waals surface area contributed by atoms with Crippen LogP contribution in [0.4, 0.5) is 4.39 Å². The van der Waals surface area contributed by atoms with Gasteiger partial charge in [0.1, 0.15) is 18.5 Å². The fourth-order valence-electron chi connectivity index (χ4n) is 4.57. The Morgan fingerprint density at radius 3 is 2.64 bits per heavy atom. The third-order valence-electron chi connectivity index (χ3n) is 6.32. The van der Waals surface area contributed by atoms with Crippen LogP contribution in [0.2, 0.25) is 0 Å². The second-order valence-electron chi connectivity index (χ2n) is 7.83. The number of halogens is 1. The van der Waals surface area contributed by atoms with Crippen molar-refractivity contribution in [3.8, 4) is 5.75 Å². The van der Waals surface area contributed by atoms with Crippen LogP contribution < -0.4 is 20.7 Å². The summed E-state index contributed by atoms with van der Waals surface area (Å²) in [6.45, 7) is 4.99. The minimum atomic E-state index is -0.693. The summed E-state index contributed by atoms with van der Waals surface area (Å²) in [5.41, 5.74) is 2.33. The maximum absolute atomic E-state index is 13.7. The molecular weight excluding hydrogens is 361 g/mol. The molecule has 2 heterocycles.